The third-order valence-corrected chi connectivity index (χ3v) is 4.83. The van der Waals surface area contributed by atoms with Crippen molar-refractivity contribution in [1.29, 1.82) is 0 Å². The number of amides is 1. The maximum atomic E-state index is 12.9. The van der Waals surface area contributed by atoms with Crippen LogP contribution in [0.2, 0.25) is 0 Å². The first kappa shape index (κ1) is 18.8. The molecule has 0 atom stereocenters. The number of ether oxygens (including phenoxy) is 1. The van der Waals surface area contributed by atoms with Crippen molar-refractivity contribution in [1.82, 2.24) is 14.6 Å². The minimum Gasteiger partial charge on any atom is -0.487 e. The summed E-state index contributed by atoms with van der Waals surface area (Å²) in [5.41, 5.74) is 1.19. The summed E-state index contributed by atoms with van der Waals surface area (Å²) in [7, 11) is 0. The van der Waals surface area contributed by atoms with Crippen molar-refractivity contribution in [2.75, 3.05) is 5.32 Å². The molecule has 0 aliphatic carbocycles. The fourth-order valence-corrected chi connectivity index (χ4v) is 3.39. The second-order valence-electron chi connectivity index (χ2n) is 6.18. The molecule has 0 radical (unpaired) electrons. The van der Waals surface area contributed by atoms with Gasteiger partial charge in [-0.25, -0.2) is 9.37 Å². The number of aromatic nitrogens is 3. The van der Waals surface area contributed by atoms with Crippen LogP contribution in [-0.2, 0) is 6.61 Å². The molecular weight excluding hydrogens is 395 g/mol. The zero-order valence-electron chi connectivity index (χ0n) is 15.3. The first-order valence-electron chi connectivity index (χ1n) is 8.64. The molecule has 0 saturated heterocycles. The molecule has 0 spiro atoms. The van der Waals surface area contributed by atoms with E-state index in [2.05, 4.69) is 15.4 Å². The zero-order valence-corrected chi connectivity index (χ0v) is 16.1. The van der Waals surface area contributed by atoms with E-state index in [0.717, 1.165) is 5.01 Å². The molecule has 2 heterocycles. The first-order valence-corrected chi connectivity index (χ1v) is 9.46. The summed E-state index contributed by atoms with van der Waals surface area (Å²) in [5.74, 6) is -0.173. The SMILES string of the molecule is Cc1nn2c(=O)cc(COc3ccc(NC(=O)c4ccc(F)cc4)cc3)nc2s1. The van der Waals surface area contributed by atoms with Gasteiger partial charge in [-0.1, -0.05) is 11.3 Å². The molecule has 4 aromatic rings. The highest BCUT2D eigenvalue weighted by molar-refractivity contribution is 7.16. The highest BCUT2D eigenvalue weighted by Crippen LogP contribution is 2.18. The van der Waals surface area contributed by atoms with Crippen molar-refractivity contribution < 1.29 is 13.9 Å². The quantitative estimate of drug-likeness (QED) is 0.545. The topological polar surface area (TPSA) is 85.6 Å². The fourth-order valence-electron chi connectivity index (χ4n) is 2.62. The third-order valence-electron chi connectivity index (χ3n) is 4.00. The summed E-state index contributed by atoms with van der Waals surface area (Å²) in [6, 6.07) is 13.5. The summed E-state index contributed by atoms with van der Waals surface area (Å²) in [4.78, 5) is 29.1. The van der Waals surface area contributed by atoms with E-state index in [1.165, 1.54) is 46.2 Å². The van der Waals surface area contributed by atoms with Crippen LogP contribution in [0, 0.1) is 12.7 Å². The predicted octanol–water partition coefficient (Wildman–Crippen LogP) is 3.43. The van der Waals surface area contributed by atoms with E-state index >= 15 is 0 Å². The zero-order chi connectivity index (χ0) is 20.4. The molecule has 29 heavy (non-hydrogen) atoms. The number of benzene rings is 2. The van der Waals surface area contributed by atoms with Gasteiger partial charge in [-0.15, -0.1) is 0 Å². The van der Waals surface area contributed by atoms with E-state index in [-0.39, 0.29) is 18.1 Å². The van der Waals surface area contributed by atoms with Crippen molar-refractivity contribution >= 4 is 27.9 Å². The minimum absolute atomic E-state index is 0.129. The van der Waals surface area contributed by atoms with Crippen LogP contribution >= 0.6 is 11.3 Å². The number of hydrogen-bond acceptors (Lipinski definition) is 6. The van der Waals surface area contributed by atoms with Crippen molar-refractivity contribution in [3.63, 3.8) is 0 Å². The van der Waals surface area contributed by atoms with Crippen molar-refractivity contribution in [2.24, 2.45) is 0 Å². The summed E-state index contributed by atoms with van der Waals surface area (Å²) in [6.45, 7) is 1.94. The number of nitrogens with one attached hydrogen (secondary N) is 1. The Kier molecular flexibility index (Phi) is 5.05. The number of nitrogens with zero attached hydrogens (tertiary/aromatic N) is 3. The molecule has 0 fully saturated rings. The molecule has 2 aromatic carbocycles. The molecule has 4 rings (SSSR count). The Balaban J connectivity index is 1.40. The monoisotopic (exact) mass is 410 g/mol. The van der Waals surface area contributed by atoms with Crippen LogP contribution in [0.25, 0.3) is 4.96 Å². The molecule has 1 amide bonds. The number of aryl methyl sites for hydroxylation is 1. The largest absolute Gasteiger partial charge is 0.487 e. The van der Waals surface area contributed by atoms with Gasteiger partial charge in [-0.3, -0.25) is 9.59 Å². The van der Waals surface area contributed by atoms with Crippen LogP contribution in [0.1, 0.15) is 21.1 Å². The lowest BCUT2D eigenvalue weighted by Crippen LogP contribution is -2.16. The van der Waals surface area contributed by atoms with Gasteiger partial charge >= 0.3 is 0 Å². The van der Waals surface area contributed by atoms with Crippen LogP contribution in [-0.4, -0.2) is 20.5 Å². The predicted molar refractivity (Wildman–Crippen MR) is 107 cm³/mol. The summed E-state index contributed by atoms with van der Waals surface area (Å²) in [5, 5.41) is 7.58. The van der Waals surface area contributed by atoms with E-state index < -0.39 is 5.82 Å². The molecule has 7 nitrogen and oxygen atoms in total. The van der Waals surface area contributed by atoms with Gasteiger partial charge in [-0.05, 0) is 55.5 Å². The highest BCUT2D eigenvalue weighted by atomic mass is 32.1. The lowest BCUT2D eigenvalue weighted by molar-refractivity contribution is 0.102. The summed E-state index contributed by atoms with van der Waals surface area (Å²) >= 11 is 1.33. The number of rotatable bonds is 5. The van der Waals surface area contributed by atoms with Crippen LogP contribution in [0.15, 0.2) is 59.4 Å². The van der Waals surface area contributed by atoms with Gasteiger partial charge in [0.1, 0.15) is 23.2 Å². The molecule has 0 saturated carbocycles. The molecule has 0 bridgehead atoms. The Morgan fingerprint density at radius 3 is 2.62 bits per heavy atom. The highest BCUT2D eigenvalue weighted by Gasteiger charge is 2.08. The molecule has 0 aliphatic heterocycles. The van der Waals surface area contributed by atoms with Crippen LogP contribution in [0.5, 0.6) is 5.75 Å². The maximum absolute atomic E-state index is 12.9. The van der Waals surface area contributed by atoms with E-state index in [1.807, 2.05) is 6.92 Å². The molecular formula is C20H15FN4O3S. The Labute approximate surface area is 168 Å². The normalized spacial score (nSPS) is 10.8. The number of fused-ring (bicyclic) bond motifs is 1. The fraction of sp³-hybridized carbons (Fsp3) is 0.100. The average Bonchev–Trinajstić information content (AvgIpc) is 3.09. The number of carbonyl (C=O) groups is 1. The smallest absolute Gasteiger partial charge is 0.275 e. The van der Waals surface area contributed by atoms with E-state index in [0.29, 0.717) is 27.7 Å². The van der Waals surface area contributed by atoms with Gasteiger partial charge in [0, 0.05) is 17.3 Å². The Morgan fingerprint density at radius 1 is 1.17 bits per heavy atom. The number of carbonyl (C=O) groups excluding carboxylic acids is 1. The van der Waals surface area contributed by atoms with Gasteiger partial charge in [0.05, 0.1) is 5.69 Å². The first-order chi connectivity index (χ1) is 14.0. The van der Waals surface area contributed by atoms with Gasteiger partial charge in [0.25, 0.3) is 11.5 Å². The van der Waals surface area contributed by atoms with Crippen molar-refractivity contribution in [3.8, 4) is 5.75 Å². The molecule has 0 aliphatic rings. The van der Waals surface area contributed by atoms with Crippen molar-refractivity contribution in [2.45, 2.75) is 13.5 Å². The van der Waals surface area contributed by atoms with Gasteiger partial charge < -0.3 is 10.1 Å². The molecule has 146 valence electrons. The average molecular weight is 410 g/mol. The molecule has 2 aromatic heterocycles. The van der Waals surface area contributed by atoms with E-state index in [1.54, 1.807) is 24.3 Å². The van der Waals surface area contributed by atoms with E-state index in [4.69, 9.17) is 4.74 Å². The van der Waals surface area contributed by atoms with E-state index in [9.17, 15) is 14.0 Å². The third kappa shape index (κ3) is 4.30. The Hall–Kier alpha value is -3.59. The van der Waals surface area contributed by atoms with Crippen LogP contribution in [0.3, 0.4) is 0 Å². The van der Waals surface area contributed by atoms with Gasteiger partial charge in [0.2, 0.25) is 4.96 Å². The number of anilines is 1. The van der Waals surface area contributed by atoms with Gasteiger partial charge in [-0.2, -0.15) is 9.61 Å². The maximum Gasteiger partial charge on any atom is 0.275 e. The Bertz CT molecular complexity index is 1230. The van der Waals surface area contributed by atoms with Crippen molar-refractivity contribution in [3.05, 3.63) is 87.0 Å². The lowest BCUT2D eigenvalue weighted by atomic mass is 10.2. The molecule has 9 heteroatoms. The second kappa shape index (κ2) is 7.80. The van der Waals surface area contributed by atoms with Gasteiger partial charge in [0.15, 0.2) is 0 Å². The summed E-state index contributed by atoms with van der Waals surface area (Å²) < 4.78 is 19.9. The minimum atomic E-state index is -0.398. The van der Waals surface area contributed by atoms with Crippen LogP contribution in [0.4, 0.5) is 10.1 Å². The standard InChI is InChI=1S/C20H15FN4O3S/c1-12-24-25-18(26)10-16(23-20(25)29-12)11-28-17-8-6-15(7-9-17)22-19(27)13-2-4-14(21)5-3-13/h2-10H,11H2,1H3,(H,22,27). The Morgan fingerprint density at radius 2 is 1.90 bits per heavy atom. The second-order valence-corrected chi connectivity index (χ2v) is 7.34. The number of halogens is 1. The lowest BCUT2D eigenvalue weighted by Gasteiger charge is -2.08. The molecule has 0 unspecified atom stereocenters. The van der Waals surface area contributed by atoms with Crippen LogP contribution < -0.4 is 15.6 Å². The number of hydrogen-bond donors (Lipinski definition) is 1. The molecule has 1 N–H and O–H groups in total. The summed E-state index contributed by atoms with van der Waals surface area (Å²) in [6.07, 6.45) is 0.